The molecule has 1 nitrogen and oxygen atoms in total. The van der Waals surface area contributed by atoms with Gasteiger partial charge >= 0.3 is 0 Å². The zero-order valence-electron chi connectivity index (χ0n) is 19.3. The largest absolute Gasteiger partial charge is 0.299 e. The second-order valence-electron chi connectivity index (χ2n) is 8.77. The van der Waals surface area contributed by atoms with E-state index < -0.39 is 0 Å². The molecule has 0 saturated carbocycles. The third kappa shape index (κ3) is 18.8. The Hall–Kier alpha value is -0.330. The molecule has 0 N–H and O–H groups in total. The molecule has 1 atom stereocenters. The molecule has 0 bridgehead atoms. The second-order valence-corrected chi connectivity index (χ2v) is 8.77. The van der Waals surface area contributed by atoms with Crippen LogP contribution in [0.4, 0.5) is 0 Å². The fourth-order valence-electron chi connectivity index (χ4n) is 4.11. The SMILES string of the molecule is CCCCCCCCCCCCCCC(CC)C(=O)CCCCCCCC. The van der Waals surface area contributed by atoms with Crippen LogP contribution in [0.5, 0.6) is 0 Å². The normalized spacial score (nSPS) is 12.4. The Labute approximate surface area is 172 Å². The van der Waals surface area contributed by atoms with E-state index in [9.17, 15) is 4.79 Å². The van der Waals surface area contributed by atoms with Crippen LogP contribution < -0.4 is 0 Å². The number of ketones is 1. The van der Waals surface area contributed by atoms with Gasteiger partial charge in [-0.15, -0.1) is 0 Å². The number of carbonyl (C=O) groups is 1. The number of rotatable bonds is 22. The van der Waals surface area contributed by atoms with Crippen LogP contribution >= 0.6 is 0 Å². The Kier molecular flexibility index (Phi) is 21.7. The molecule has 0 aliphatic carbocycles. The molecule has 0 fully saturated rings. The highest BCUT2D eigenvalue weighted by Crippen LogP contribution is 2.19. The smallest absolute Gasteiger partial charge is 0.135 e. The van der Waals surface area contributed by atoms with E-state index in [4.69, 9.17) is 0 Å². The lowest BCUT2D eigenvalue weighted by Gasteiger charge is -2.13. The summed E-state index contributed by atoms with van der Waals surface area (Å²) < 4.78 is 0. The molecule has 1 unspecified atom stereocenters. The van der Waals surface area contributed by atoms with Gasteiger partial charge in [0.1, 0.15) is 5.78 Å². The molecule has 162 valence electrons. The molecule has 0 rings (SSSR count). The monoisotopic (exact) mass is 380 g/mol. The molecule has 0 aromatic heterocycles. The highest BCUT2D eigenvalue weighted by atomic mass is 16.1. The first kappa shape index (κ1) is 26.7. The lowest BCUT2D eigenvalue weighted by Crippen LogP contribution is -2.13. The first-order chi connectivity index (χ1) is 13.3. The maximum absolute atomic E-state index is 12.4. The van der Waals surface area contributed by atoms with Gasteiger partial charge in [0.05, 0.1) is 0 Å². The minimum absolute atomic E-state index is 0.351. The van der Waals surface area contributed by atoms with Crippen molar-refractivity contribution in [3.05, 3.63) is 0 Å². The van der Waals surface area contributed by atoms with Gasteiger partial charge in [-0.1, -0.05) is 130 Å². The molecule has 0 saturated heterocycles. The zero-order chi connectivity index (χ0) is 20.0. The highest BCUT2D eigenvalue weighted by Gasteiger charge is 2.15. The van der Waals surface area contributed by atoms with Crippen molar-refractivity contribution in [2.45, 2.75) is 156 Å². The van der Waals surface area contributed by atoms with Crippen molar-refractivity contribution in [2.24, 2.45) is 5.92 Å². The van der Waals surface area contributed by atoms with E-state index in [2.05, 4.69) is 20.8 Å². The Balaban J connectivity index is 3.45. The Morgan fingerprint density at radius 2 is 0.889 bits per heavy atom. The van der Waals surface area contributed by atoms with Crippen LogP contribution in [0.25, 0.3) is 0 Å². The van der Waals surface area contributed by atoms with Gasteiger partial charge in [0.25, 0.3) is 0 Å². The number of hydrogen-bond acceptors (Lipinski definition) is 1. The number of carbonyl (C=O) groups excluding carboxylic acids is 1. The first-order valence-corrected chi connectivity index (χ1v) is 12.8. The molecule has 0 aliphatic heterocycles. The summed E-state index contributed by atoms with van der Waals surface area (Å²) in [4.78, 5) is 12.4. The molecule has 0 aromatic rings. The molecular formula is C26H52O. The zero-order valence-corrected chi connectivity index (χ0v) is 19.3. The molecule has 0 spiro atoms. The molecule has 0 aromatic carbocycles. The quantitative estimate of drug-likeness (QED) is 0.171. The van der Waals surface area contributed by atoms with Gasteiger partial charge in [0.2, 0.25) is 0 Å². The Bertz CT molecular complexity index is 297. The summed E-state index contributed by atoms with van der Waals surface area (Å²) in [7, 11) is 0. The van der Waals surface area contributed by atoms with Crippen LogP contribution in [0.1, 0.15) is 156 Å². The molecule has 0 heterocycles. The fourth-order valence-corrected chi connectivity index (χ4v) is 4.11. The summed E-state index contributed by atoms with van der Waals surface area (Å²) in [6, 6.07) is 0. The average Bonchev–Trinajstić information content (AvgIpc) is 2.68. The van der Waals surface area contributed by atoms with Crippen LogP contribution in [-0.4, -0.2) is 5.78 Å². The van der Waals surface area contributed by atoms with E-state index in [1.54, 1.807) is 0 Å². The summed E-state index contributed by atoms with van der Waals surface area (Å²) >= 11 is 0. The molecule has 0 radical (unpaired) electrons. The molecule has 1 heteroatoms. The summed E-state index contributed by atoms with van der Waals surface area (Å²) in [5, 5.41) is 0. The van der Waals surface area contributed by atoms with E-state index in [1.165, 1.54) is 109 Å². The number of Topliss-reactive ketones (excluding diaryl/α,β-unsaturated/α-hetero) is 1. The van der Waals surface area contributed by atoms with Crippen LogP contribution in [0.15, 0.2) is 0 Å². The van der Waals surface area contributed by atoms with Gasteiger partial charge in [0.15, 0.2) is 0 Å². The maximum Gasteiger partial charge on any atom is 0.135 e. The predicted octanol–water partition coefficient (Wildman–Crippen LogP) is 9.42. The Morgan fingerprint density at radius 1 is 0.519 bits per heavy atom. The van der Waals surface area contributed by atoms with Crippen LogP contribution in [-0.2, 0) is 4.79 Å². The molecular weight excluding hydrogens is 328 g/mol. The second kappa shape index (κ2) is 22.0. The van der Waals surface area contributed by atoms with Gasteiger partial charge < -0.3 is 0 Å². The van der Waals surface area contributed by atoms with Crippen LogP contribution in [0, 0.1) is 5.92 Å². The third-order valence-corrected chi connectivity index (χ3v) is 6.13. The van der Waals surface area contributed by atoms with Crippen molar-refractivity contribution in [1.82, 2.24) is 0 Å². The van der Waals surface area contributed by atoms with Crippen molar-refractivity contribution in [3.63, 3.8) is 0 Å². The van der Waals surface area contributed by atoms with Crippen LogP contribution in [0.3, 0.4) is 0 Å². The van der Waals surface area contributed by atoms with Crippen molar-refractivity contribution in [1.29, 1.82) is 0 Å². The minimum atomic E-state index is 0.351. The first-order valence-electron chi connectivity index (χ1n) is 12.8. The van der Waals surface area contributed by atoms with E-state index in [0.29, 0.717) is 11.7 Å². The average molecular weight is 381 g/mol. The number of hydrogen-bond donors (Lipinski definition) is 0. The summed E-state index contributed by atoms with van der Waals surface area (Å²) in [6.07, 6.45) is 27.5. The van der Waals surface area contributed by atoms with Gasteiger partial charge in [-0.2, -0.15) is 0 Å². The van der Waals surface area contributed by atoms with E-state index >= 15 is 0 Å². The fraction of sp³-hybridized carbons (Fsp3) is 0.962. The third-order valence-electron chi connectivity index (χ3n) is 6.13. The lowest BCUT2D eigenvalue weighted by molar-refractivity contribution is -0.123. The van der Waals surface area contributed by atoms with E-state index in [1.807, 2.05) is 0 Å². The van der Waals surface area contributed by atoms with Gasteiger partial charge in [-0.05, 0) is 19.3 Å². The van der Waals surface area contributed by atoms with Crippen molar-refractivity contribution < 1.29 is 4.79 Å². The van der Waals surface area contributed by atoms with Crippen molar-refractivity contribution in [2.75, 3.05) is 0 Å². The molecule has 0 amide bonds. The summed E-state index contributed by atoms with van der Waals surface area (Å²) in [5.74, 6) is 0.903. The Morgan fingerprint density at radius 3 is 1.30 bits per heavy atom. The van der Waals surface area contributed by atoms with Gasteiger partial charge in [-0.3, -0.25) is 4.79 Å². The lowest BCUT2D eigenvalue weighted by atomic mass is 9.91. The predicted molar refractivity (Wildman–Crippen MR) is 122 cm³/mol. The van der Waals surface area contributed by atoms with E-state index in [-0.39, 0.29) is 0 Å². The number of unbranched alkanes of at least 4 members (excludes halogenated alkanes) is 16. The van der Waals surface area contributed by atoms with Gasteiger partial charge in [-0.25, -0.2) is 0 Å². The molecule has 0 aliphatic rings. The minimum Gasteiger partial charge on any atom is -0.299 e. The maximum atomic E-state index is 12.4. The summed E-state index contributed by atoms with van der Waals surface area (Å²) in [6.45, 7) is 6.74. The summed E-state index contributed by atoms with van der Waals surface area (Å²) in [5.41, 5.74) is 0. The van der Waals surface area contributed by atoms with Crippen LogP contribution in [0.2, 0.25) is 0 Å². The van der Waals surface area contributed by atoms with E-state index in [0.717, 1.165) is 25.7 Å². The van der Waals surface area contributed by atoms with Crippen molar-refractivity contribution >= 4 is 5.78 Å². The molecule has 27 heavy (non-hydrogen) atoms. The van der Waals surface area contributed by atoms with Crippen molar-refractivity contribution in [3.8, 4) is 0 Å². The highest BCUT2D eigenvalue weighted by molar-refractivity contribution is 5.80. The standard InChI is InChI=1S/C26H52O/c1-4-7-9-11-13-14-15-16-17-18-19-21-23-25(6-3)26(27)24-22-20-12-10-8-5-2/h25H,4-24H2,1-3H3. The topological polar surface area (TPSA) is 17.1 Å². The van der Waals surface area contributed by atoms with Gasteiger partial charge in [0, 0.05) is 12.3 Å².